The van der Waals surface area contributed by atoms with Gasteiger partial charge in [0.2, 0.25) is 11.8 Å². The quantitative estimate of drug-likeness (QED) is 0.308. The van der Waals surface area contributed by atoms with Gasteiger partial charge in [-0.15, -0.1) is 10.2 Å². The lowest BCUT2D eigenvalue weighted by Gasteiger charge is -2.00. The maximum absolute atomic E-state index is 6.14. The smallest absolute Gasteiger partial charge is 0.271 e. The Morgan fingerprint density at radius 2 is 1.23 bits per heavy atom. The lowest BCUT2D eigenvalue weighted by atomic mass is 10.1. The van der Waals surface area contributed by atoms with E-state index in [0.29, 0.717) is 28.5 Å². The number of aromatic nitrogens is 3. The Kier molecular flexibility index (Phi) is 5.14. The minimum absolute atomic E-state index is 0.330. The van der Waals surface area contributed by atoms with E-state index >= 15 is 0 Å². The van der Waals surface area contributed by atoms with Crippen LogP contribution in [0.25, 0.3) is 34.5 Å². The van der Waals surface area contributed by atoms with Crippen LogP contribution in [-0.4, -0.2) is 15.2 Å². The summed E-state index contributed by atoms with van der Waals surface area (Å²) in [5.74, 6) is 1.29. The van der Waals surface area contributed by atoms with E-state index in [0.717, 1.165) is 16.0 Å². The molecular formula is C25H19N3O2S. The second-order valence-electron chi connectivity index (χ2n) is 7.21. The SMILES string of the molecule is Cc1ccc(Sc2oc(-c3ccccc3)nc2-c2nnc(-c3ccc(C)cc3)o2)cc1. The molecule has 5 nitrogen and oxygen atoms in total. The first kappa shape index (κ1) is 19.3. The lowest BCUT2D eigenvalue weighted by Crippen LogP contribution is -1.82. The Labute approximate surface area is 184 Å². The summed E-state index contributed by atoms with van der Waals surface area (Å²) in [5, 5.41) is 9.10. The maximum Gasteiger partial charge on any atom is 0.271 e. The first-order chi connectivity index (χ1) is 15.2. The van der Waals surface area contributed by atoms with Gasteiger partial charge in [-0.3, -0.25) is 0 Å². The van der Waals surface area contributed by atoms with E-state index in [1.54, 1.807) is 0 Å². The van der Waals surface area contributed by atoms with E-state index in [9.17, 15) is 0 Å². The van der Waals surface area contributed by atoms with Gasteiger partial charge in [0.15, 0.2) is 10.8 Å². The fourth-order valence-electron chi connectivity index (χ4n) is 3.06. The molecule has 31 heavy (non-hydrogen) atoms. The predicted molar refractivity (Wildman–Crippen MR) is 121 cm³/mol. The van der Waals surface area contributed by atoms with E-state index < -0.39 is 0 Å². The highest BCUT2D eigenvalue weighted by Gasteiger charge is 2.23. The molecule has 0 radical (unpaired) electrons. The topological polar surface area (TPSA) is 65.0 Å². The average Bonchev–Trinajstić information content (AvgIpc) is 3.44. The second-order valence-corrected chi connectivity index (χ2v) is 8.26. The molecule has 0 atom stereocenters. The van der Waals surface area contributed by atoms with Crippen molar-refractivity contribution in [2.45, 2.75) is 23.8 Å². The number of benzene rings is 3. The van der Waals surface area contributed by atoms with Crippen LogP contribution < -0.4 is 0 Å². The standard InChI is InChI=1S/C25H19N3O2S/c1-16-8-12-19(13-9-16)23-27-28-24(29-23)21-25(31-20-14-10-17(2)11-15-20)30-22(26-21)18-6-4-3-5-7-18/h3-15H,1-2H3. The average molecular weight is 426 g/mol. The molecule has 0 fully saturated rings. The summed E-state index contributed by atoms with van der Waals surface area (Å²) in [5.41, 5.74) is 4.66. The third kappa shape index (κ3) is 4.15. The molecule has 0 saturated heterocycles. The fourth-order valence-corrected chi connectivity index (χ4v) is 3.90. The van der Waals surface area contributed by atoms with Crippen molar-refractivity contribution < 1.29 is 8.83 Å². The monoisotopic (exact) mass is 425 g/mol. The van der Waals surface area contributed by atoms with E-state index in [1.165, 1.54) is 22.9 Å². The molecule has 0 bridgehead atoms. The number of oxazole rings is 1. The molecule has 5 rings (SSSR count). The summed E-state index contributed by atoms with van der Waals surface area (Å²) < 4.78 is 12.1. The second kappa shape index (κ2) is 8.24. The van der Waals surface area contributed by atoms with Crippen molar-refractivity contribution >= 4 is 11.8 Å². The fraction of sp³-hybridized carbons (Fsp3) is 0.0800. The van der Waals surface area contributed by atoms with Crippen LogP contribution in [-0.2, 0) is 0 Å². The van der Waals surface area contributed by atoms with Crippen LogP contribution in [0.1, 0.15) is 11.1 Å². The molecule has 5 aromatic rings. The zero-order chi connectivity index (χ0) is 21.2. The molecule has 6 heteroatoms. The molecule has 3 aromatic carbocycles. The summed E-state index contributed by atoms with van der Waals surface area (Å²) in [4.78, 5) is 5.74. The molecule has 0 aliphatic heterocycles. The van der Waals surface area contributed by atoms with Crippen molar-refractivity contribution in [2.24, 2.45) is 0 Å². The third-order valence-electron chi connectivity index (χ3n) is 4.77. The Morgan fingerprint density at radius 1 is 0.613 bits per heavy atom. The molecule has 0 aliphatic rings. The number of nitrogens with zero attached hydrogens (tertiary/aromatic N) is 3. The van der Waals surface area contributed by atoms with E-state index in [2.05, 4.69) is 41.4 Å². The highest BCUT2D eigenvalue weighted by molar-refractivity contribution is 7.99. The van der Waals surface area contributed by atoms with Gasteiger partial charge in [-0.1, -0.05) is 53.6 Å². The summed E-state index contributed by atoms with van der Waals surface area (Å²) in [6.07, 6.45) is 0. The molecule has 0 amide bonds. The normalized spacial score (nSPS) is 11.0. The summed E-state index contributed by atoms with van der Waals surface area (Å²) in [6.45, 7) is 4.10. The van der Waals surface area contributed by atoms with E-state index in [-0.39, 0.29) is 0 Å². The number of hydrogen-bond donors (Lipinski definition) is 0. The van der Waals surface area contributed by atoms with Crippen molar-refractivity contribution in [2.75, 3.05) is 0 Å². The van der Waals surface area contributed by atoms with Gasteiger partial charge < -0.3 is 8.83 Å². The number of hydrogen-bond acceptors (Lipinski definition) is 6. The molecule has 0 aliphatic carbocycles. The zero-order valence-electron chi connectivity index (χ0n) is 17.1. The number of aryl methyl sites for hydroxylation is 2. The van der Waals surface area contributed by atoms with Crippen molar-refractivity contribution in [3.05, 3.63) is 90.0 Å². The molecule has 2 heterocycles. The van der Waals surface area contributed by atoms with Gasteiger partial charge in [0.05, 0.1) is 0 Å². The van der Waals surface area contributed by atoms with Gasteiger partial charge in [0, 0.05) is 16.0 Å². The first-order valence-corrected chi connectivity index (χ1v) is 10.7. The molecular weight excluding hydrogens is 406 g/mol. The maximum atomic E-state index is 6.14. The van der Waals surface area contributed by atoms with Crippen LogP contribution in [0.4, 0.5) is 0 Å². The predicted octanol–water partition coefficient (Wildman–Crippen LogP) is 6.83. The minimum Gasteiger partial charge on any atom is -0.429 e. The van der Waals surface area contributed by atoms with E-state index in [1.807, 2.05) is 61.5 Å². The van der Waals surface area contributed by atoms with Gasteiger partial charge >= 0.3 is 0 Å². The highest BCUT2D eigenvalue weighted by Crippen LogP contribution is 2.39. The minimum atomic E-state index is 0.330. The largest absolute Gasteiger partial charge is 0.429 e. The zero-order valence-corrected chi connectivity index (χ0v) is 17.9. The van der Waals surface area contributed by atoms with E-state index in [4.69, 9.17) is 13.8 Å². The molecule has 152 valence electrons. The van der Waals surface area contributed by atoms with Crippen molar-refractivity contribution in [1.82, 2.24) is 15.2 Å². The summed E-state index contributed by atoms with van der Waals surface area (Å²) in [7, 11) is 0. The van der Waals surface area contributed by atoms with Gasteiger partial charge in [0.1, 0.15) is 0 Å². The Hall–Kier alpha value is -3.64. The lowest BCUT2D eigenvalue weighted by molar-refractivity contribution is 0.482. The van der Waals surface area contributed by atoms with Crippen molar-refractivity contribution in [1.29, 1.82) is 0 Å². The Morgan fingerprint density at radius 3 is 1.94 bits per heavy atom. The third-order valence-corrected chi connectivity index (χ3v) is 5.74. The van der Waals surface area contributed by atoms with Gasteiger partial charge in [-0.2, -0.15) is 0 Å². The summed E-state index contributed by atoms with van der Waals surface area (Å²) >= 11 is 1.48. The van der Waals surface area contributed by atoms with Gasteiger partial charge in [-0.25, -0.2) is 4.98 Å². The molecule has 0 saturated carbocycles. The molecule has 2 aromatic heterocycles. The highest BCUT2D eigenvalue weighted by atomic mass is 32.2. The van der Waals surface area contributed by atoms with Crippen LogP contribution in [0.3, 0.4) is 0 Å². The summed E-state index contributed by atoms with van der Waals surface area (Å²) in [6, 6.07) is 26.0. The van der Waals surface area contributed by atoms with Crippen molar-refractivity contribution in [3.8, 4) is 34.5 Å². The van der Waals surface area contributed by atoms with Crippen molar-refractivity contribution in [3.63, 3.8) is 0 Å². The van der Waals surface area contributed by atoms with Crippen LogP contribution in [0.15, 0.2) is 97.7 Å². The number of rotatable bonds is 5. The van der Waals surface area contributed by atoms with Gasteiger partial charge in [0.25, 0.3) is 5.89 Å². The van der Waals surface area contributed by atoms with Crippen LogP contribution in [0, 0.1) is 13.8 Å². The molecule has 0 N–H and O–H groups in total. The Balaban J connectivity index is 1.55. The molecule has 0 spiro atoms. The van der Waals surface area contributed by atoms with Crippen LogP contribution in [0.2, 0.25) is 0 Å². The van der Waals surface area contributed by atoms with Gasteiger partial charge in [-0.05, 0) is 62.0 Å². The van der Waals surface area contributed by atoms with Crippen LogP contribution >= 0.6 is 11.8 Å². The Bertz CT molecular complexity index is 1310. The molecule has 0 unspecified atom stereocenters. The first-order valence-electron chi connectivity index (χ1n) is 9.87. The van der Waals surface area contributed by atoms with Crippen LogP contribution in [0.5, 0.6) is 0 Å².